The topological polar surface area (TPSA) is 56.0 Å². The van der Waals surface area contributed by atoms with E-state index < -0.39 is 5.91 Å². The number of primary amides is 1. The van der Waals surface area contributed by atoms with Crippen molar-refractivity contribution in [3.63, 3.8) is 0 Å². The summed E-state index contributed by atoms with van der Waals surface area (Å²) in [4.78, 5) is 14.6. The van der Waals surface area contributed by atoms with Crippen LogP contribution in [0.25, 0.3) is 0 Å². The zero-order chi connectivity index (χ0) is 8.43. The molecule has 0 radical (unpaired) electrons. The van der Waals surface area contributed by atoms with Crippen molar-refractivity contribution in [2.45, 2.75) is 13.8 Å². The van der Waals surface area contributed by atoms with Gasteiger partial charge in [0.1, 0.15) is 5.69 Å². The number of aryl methyl sites for hydroxylation is 2. The summed E-state index contributed by atoms with van der Waals surface area (Å²) in [5, 5.41) is 0. The van der Waals surface area contributed by atoms with Gasteiger partial charge in [-0.1, -0.05) is 6.07 Å². The number of pyridine rings is 1. The first-order valence-corrected chi connectivity index (χ1v) is 3.34. The van der Waals surface area contributed by atoms with Crippen molar-refractivity contribution in [1.29, 1.82) is 0 Å². The Morgan fingerprint density at radius 3 is 2.64 bits per heavy atom. The van der Waals surface area contributed by atoms with Gasteiger partial charge in [0.25, 0.3) is 5.91 Å². The first-order chi connectivity index (χ1) is 5.11. The average Bonchev–Trinajstić information content (AvgIpc) is 1.85. The fourth-order valence-electron chi connectivity index (χ4n) is 0.973. The van der Waals surface area contributed by atoms with E-state index in [4.69, 9.17) is 5.73 Å². The minimum atomic E-state index is -0.470. The number of aromatic nitrogens is 1. The molecule has 1 amide bonds. The second-order valence-electron chi connectivity index (χ2n) is 2.54. The van der Waals surface area contributed by atoms with Crippen molar-refractivity contribution >= 4 is 5.91 Å². The predicted molar refractivity (Wildman–Crippen MR) is 42.2 cm³/mol. The number of hydrogen-bond donors (Lipinski definition) is 1. The SMILES string of the molecule is Cc1cnc(C(N)=O)c(C)c1. The van der Waals surface area contributed by atoms with Crippen molar-refractivity contribution in [2.24, 2.45) is 5.73 Å². The highest BCUT2D eigenvalue weighted by Crippen LogP contribution is 2.05. The summed E-state index contributed by atoms with van der Waals surface area (Å²) in [6.45, 7) is 3.74. The van der Waals surface area contributed by atoms with Crippen LogP contribution in [-0.4, -0.2) is 10.9 Å². The molecule has 11 heavy (non-hydrogen) atoms. The van der Waals surface area contributed by atoms with Gasteiger partial charge in [0.2, 0.25) is 0 Å². The number of rotatable bonds is 1. The molecule has 0 atom stereocenters. The summed E-state index contributed by atoms with van der Waals surface area (Å²) in [7, 11) is 0. The molecule has 3 nitrogen and oxygen atoms in total. The molecule has 0 aromatic carbocycles. The molecule has 0 aliphatic heterocycles. The molecule has 0 aliphatic rings. The van der Waals surface area contributed by atoms with E-state index in [1.54, 1.807) is 6.20 Å². The fourth-order valence-corrected chi connectivity index (χ4v) is 0.973. The Morgan fingerprint density at radius 1 is 1.55 bits per heavy atom. The lowest BCUT2D eigenvalue weighted by Gasteiger charge is -1.99. The molecule has 0 bridgehead atoms. The molecule has 1 aromatic rings. The Labute approximate surface area is 65.2 Å². The number of nitrogens with zero attached hydrogens (tertiary/aromatic N) is 1. The van der Waals surface area contributed by atoms with Crippen LogP contribution in [0.2, 0.25) is 0 Å². The third-order valence-electron chi connectivity index (χ3n) is 1.45. The number of carbonyl (C=O) groups excluding carboxylic acids is 1. The van der Waals surface area contributed by atoms with Gasteiger partial charge in [-0.2, -0.15) is 0 Å². The lowest BCUT2D eigenvalue weighted by Crippen LogP contribution is -2.14. The van der Waals surface area contributed by atoms with Gasteiger partial charge in [-0.25, -0.2) is 0 Å². The highest BCUT2D eigenvalue weighted by Gasteiger charge is 2.04. The second-order valence-corrected chi connectivity index (χ2v) is 2.54. The van der Waals surface area contributed by atoms with Crippen molar-refractivity contribution in [2.75, 3.05) is 0 Å². The van der Waals surface area contributed by atoms with Crippen LogP contribution in [0.4, 0.5) is 0 Å². The molecule has 2 N–H and O–H groups in total. The Hall–Kier alpha value is -1.38. The lowest BCUT2D eigenvalue weighted by molar-refractivity contribution is 0.0995. The van der Waals surface area contributed by atoms with Crippen molar-refractivity contribution in [1.82, 2.24) is 4.98 Å². The summed E-state index contributed by atoms with van der Waals surface area (Å²) in [6.07, 6.45) is 1.63. The summed E-state index contributed by atoms with van der Waals surface area (Å²) >= 11 is 0. The van der Waals surface area contributed by atoms with E-state index in [2.05, 4.69) is 4.98 Å². The number of nitrogens with two attached hydrogens (primary N) is 1. The molecule has 0 fully saturated rings. The zero-order valence-electron chi connectivity index (χ0n) is 6.59. The first-order valence-electron chi connectivity index (χ1n) is 3.34. The maximum Gasteiger partial charge on any atom is 0.267 e. The smallest absolute Gasteiger partial charge is 0.267 e. The molecule has 3 heteroatoms. The van der Waals surface area contributed by atoms with Crippen LogP contribution in [0.15, 0.2) is 12.3 Å². The Balaban J connectivity index is 3.20. The zero-order valence-corrected chi connectivity index (χ0v) is 6.59. The van der Waals surface area contributed by atoms with Gasteiger partial charge in [-0.05, 0) is 25.0 Å². The Morgan fingerprint density at radius 2 is 2.18 bits per heavy atom. The van der Waals surface area contributed by atoms with Crippen LogP contribution in [0.5, 0.6) is 0 Å². The molecule has 1 aromatic heterocycles. The summed E-state index contributed by atoms with van der Waals surface area (Å²) in [5.74, 6) is -0.470. The molecule has 0 saturated heterocycles. The van der Waals surface area contributed by atoms with Crippen molar-refractivity contribution in [3.8, 4) is 0 Å². The van der Waals surface area contributed by atoms with Gasteiger partial charge in [0, 0.05) is 6.20 Å². The van der Waals surface area contributed by atoms with Crippen LogP contribution in [0.3, 0.4) is 0 Å². The molecule has 1 rings (SSSR count). The maximum absolute atomic E-state index is 10.7. The highest BCUT2D eigenvalue weighted by molar-refractivity contribution is 5.92. The number of amides is 1. The van der Waals surface area contributed by atoms with Crippen LogP contribution in [0, 0.1) is 13.8 Å². The van der Waals surface area contributed by atoms with E-state index in [0.717, 1.165) is 11.1 Å². The van der Waals surface area contributed by atoms with E-state index in [1.807, 2.05) is 19.9 Å². The van der Waals surface area contributed by atoms with Gasteiger partial charge in [0.05, 0.1) is 0 Å². The lowest BCUT2D eigenvalue weighted by atomic mass is 10.1. The number of carbonyl (C=O) groups is 1. The van der Waals surface area contributed by atoms with E-state index in [1.165, 1.54) is 0 Å². The standard InChI is InChI=1S/C8H10N2O/c1-5-3-6(2)7(8(9)11)10-4-5/h3-4H,1-2H3,(H2,9,11). The molecule has 0 aliphatic carbocycles. The fraction of sp³-hybridized carbons (Fsp3) is 0.250. The van der Waals surface area contributed by atoms with Crippen LogP contribution >= 0.6 is 0 Å². The molecule has 0 spiro atoms. The Bertz CT molecular complexity index is 294. The minimum absolute atomic E-state index is 0.357. The quantitative estimate of drug-likeness (QED) is 0.643. The largest absolute Gasteiger partial charge is 0.364 e. The highest BCUT2D eigenvalue weighted by atomic mass is 16.1. The Kier molecular flexibility index (Phi) is 1.89. The maximum atomic E-state index is 10.7. The third-order valence-corrected chi connectivity index (χ3v) is 1.45. The predicted octanol–water partition coefficient (Wildman–Crippen LogP) is 0.797. The average molecular weight is 150 g/mol. The van der Waals surface area contributed by atoms with Crippen molar-refractivity contribution in [3.05, 3.63) is 29.1 Å². The van der Waals surface area contributed by atoms with E-state index >= 15 is 0 Å². The van der Waals surface area contributed by atoms with Gasteiger partial charge < -0.3 is 5.73 Å². The molecule has 58 valence electrons. The molecule has 0 saturated carbocycles. The van der Waals surface area contributed by atoms with Crippen LogP contribution in [-0.2, 0) is 0 Å². The van der Waals surface area contributed by atoms with E-state index in [0.29, 0.717) is 5.69 Å². The van der Waals surface area contributed by atoms with Gasteiger partial charge in [-0.3, -0.25) is 9.78 Å². The normalized spacial score (nSPS) is 9.64. The molecular weight excluding hydrogens is 140 g/mol. The summed E-state index contributed by atoms with van der Waals surface area (Å²) in [6, 6.07) is 1.88. The number of hydrogen-bond acceptors (Lipinski definition) is 2. The van der Waals surface area contributed by atoms with Crippen LogP contribution < -0.4 is 5.73 Å². The summed E-state index contributed by atoms with van der Waals surface area (Å²) < 4.78 is 0. The third kappa shape index (κ3) is 1.55. The van der Waals surface area contributed by atoms with Gasteiger partial charge >= 0.3 is 0 Å². The van der Waals surface area contributed by atoms with E-state index in [-0.39, 0.29) is 0 Å². The first kappa shape index (κ1) is 7.72. The van der Waals surface area contributed by atoms with Gasteiger partial charge in [0.15, 0.2) is 0 Å². The second kappa shape index (κ2) is 2.70. The van der Waals surface area contributed by atoms with E-state index in [9.17, 15) is 4.79 Å². The van der Waals surface area contributed by atoms with Crippen LogP contribution in [0.1, 0.15) is 21.6 Å². The summed E-state index contributed by atoms with van der Waals surface area (Å²) in [5.41, 5.74) is 7.29. The molecule has 0 unspecified atom stereocenters. The monoisotopic (exact) mass is 150 g/mol. The van der Waals surface area contributed by atoms with Gasteiger partial charge in [-0.15, -0.1) is 0 Å². The minimum Gasteiger partial charge on any atom is -0.364 e. The van der Waals surface area contributed by atoms with Crippen molar-refractivity contribution < 1.29 is 4.79 Å². The molecular formula is C8H10N2O. The molecule has 1 heterocycles.